The fourth-order valence-electron chi connectivity index (χ4n) is 2.23. The first-order valence-corrected chi connectivity index (χ1v) is 7.40. The van der Waals surface area contributed by atoms with Crippen molar-refractivity contribution in [2.45, 2.75) is 12.5 Å². The Morgan fingerprint density at radius 3 is 2.53 bits per heavy atom. The molecule has 2 N–H and O–H groups in total. The molecule has 1 unspecified atom stereocenters. The number of hydrogen-bond donors (Lipinski definition) is 1. The van der Waals surface area contributed by atoms with Crippen molar-refractivity contribution in [1.29, 1.82) is 0 Å². The summed E-state index contributed by atoms with van der Waals surface area (Å²) in [4.78, 5) is 1.23. The smallest absolute Gasteiger partial charge is 0.0931 e. The average Bonchev–Trinajstić information content (AvgIpc) is 2.83. The average molecular weight is 288 g/mol. The largest absolute Gasteiger partial charge is 0.324 e. The first-order chi connectivity index (χ1) is 9.22. The molecule has 0 saturated carbocycles. The van der Waals surface area contributed by atoms with Crippen LogP contribution in [0.4, 0.5) is 0 Å². The molecule has 3 aromatic rings. The van der Waals surface area contributed by atoms with E-state index in [2.05, 4.69) is 42.5 Å². The predicted molar refractivity (Wildman–Crippen MR) is 83.9 cm³/mol. The van der Waals surface area contributed by atoms with Gasteiger partial charge >= 0.3 is 0 Å². The predicted octanol–water partition coefficient (Wildman–Crippen LogP) is 4.80. The van der Waals surface area contributed by atoms with E-state index in [9.17, 15) is 0 Å². The van der Waals surface area contributed by atoms with Crippen LogP contribution in [0.3, 0.4) is 0 Å². The fourth-order valence-corrected chi connectivity index (χ4v) is 3.38. The Bertz CT molecular complexity index is 705. The lowest BCUT2D eigenvalue weighted by atomic mass is 10.00. The Labute approximate surface area is 121 Å². The molecule has 0 spiro atoms. The van der Waals surface area contributed by atoms with Gasteiger partial charge in [-0.05, 0) is 34.5 Å². The molecule has 0 aliphatic rings. The standard InChI is InChI=1S/C16H14ClNS/c17-16-8-7-14(19-16)10-15(18)13-6-5-11-3-1-2-4-12(11)9-13/h1-9,15H,10,18H2. The van der Waals surface area contributed by atoms with E-state index < -0.39 is 0 Å². The lowest BCUT2D eigenvalue weighted by Gasteiger charge is -2.11. The highest BCUT2D eigenvalue weighted by Crippen LogP contribution is 2.27. The molecule has 0 radical (unpaired) electrons. The summed E-state index contributed by atoms with van der Waals surface area (Å²) in [7, 11) is 0. The minimum Gasteiger partial charge on any atom is -0.324 e. The molecule has 3 heteroatoms. The Hall–Kier alpha value is -1.35. The van der Waals surface area contributed by atoms with Crippen molar-refractivity contribution in [1.82, 2.24) is 0 Å². The maximum Gasteiger partial charge on any atom is 0.0931 e. The van der Waals surface area contributed by atoms with Gasteiger partial charge in [0.25, 0.3) is 0 Å². The van der Waals surface area contributed by atoms with E-state index in [1.54, 1.807) is 11.3 Å². The molecule has 0 saturated heterocycles. The summed E-state index contributed by atoms with van der Waals surface area (Å²) in [6.45, 7) is 0. The van der Waals surface area contributed by atoms with Crippen LogP contribution in [0.25, 0.3) is 10.8 Å². The first kappa shape index (κ1) is 12.7. The van der Waals surface area contributed by atoms with Crippen molar-refractivity contribution in [2.24, 2.45) is 5.73 Å². The number of nitrogens with two attached hydrogens (primary N) is 1. The van der Waals surface area contributed by atoms with Gasteiger partial charge in [-0.2, -0.15) is 0 Å². The Morgan fingerprint density at radius 1 is 1.00 bits per heavy atom. The van der Waals surface area contributed by atoms with Gasteiger partial charge in [0, 0.05) is 17.3 Å². The number of halogens is 1. The Morgan fingerprint density at radius 2 is 1.79 bits per heavy atom. The summed E-state index contributed by atoms with van der Waals surface area (Å²) in [6.07, 6.45) is 0.829. The van der Waals surface area contributed by atoms with E-state index in [1.807, 2.05) is 12.1 Å². The van der Waals surface area contributed by atoms with Crippen LogP contribution in [-0.2, 0) is 6.42 Å². The van der Waals surface area contributed by atoms with Gasteiger partial charge in [-0.15, -0.1) is 11.3 Å². The second-order valence-electron chi connectivity index (χ2n) is 4.62. The molecule has 0 aliphatic carbocycles. The summed E-state index contributed by atoms with van der Waals surface area (Å²) in [6, 6.07) is 18.7. The van der Waals surface area contributed by atoms with Gasteiger partial charge in [-0.25, -0.2) is 0 Å². The molecular weight excluding hydrogens is 274 g/mol. The van der Waals surface area contributed by atoms with Gasteiger partial charge in [0.2, 0.25) is 0 Å². The normalized spacial score (nSPS) is 12.7. The van der Waals surface area contributed by atoms with Crippen molar-refractivity contribution in [3.63, 3.8) is 0 Å². The minimum absolute atomic E-state index is 0.0133. The van der Waals surface area contributed by atoms with Crippen LogP contribution in [-0.4, -0.2) is 0 Å². The van der Waals surface area contributed by atoms with Crippen LogP contribution >= 0.6 is 22.9 Å². The summed E-state index contributed by atoms with van der Waals surface area (Å²) >= 11 is 7.55. The molecule has 19 heavy (non-hydrogen) atoms. The zero-order valence-electron chi connectivity index (χ0n) is 10.3. The molecule has 0 amide bonds. The number of fused-ring (bicyclic) bond motifs is 1. The number of rotatable bonds is 3. The number of hydrogen-bond acceptors (Lipinski definition) is 2. The van der Waals surface area contributed by atoms with Gasteiger partial charge in [0.05, 0.1) is 4.34 Å². The van der Waals surface area contributed by atoms with E-state index >= 15 is 0 Å². The zero-order valence-corrected chi connectivity index (χ0v) is 11.9. The van der Waals surface area contributed by atoms with E-state index in [0.717, 1.165) is 10.8 Å². The van der Waals surface area contributed by atoms with Gasteiger partial charge in [0.15, 0.2) is 0 Å². The molecule has 3 rings (SSSR count). The van der Waals surface area contributed by atoms with Crippen LogP contribution in [0.15, 0.2) is 54.6 Å². The van der Waals surface area contributed by atoms with Crippen LogP contribution in [0, 0.1) is 0 Å². The fraction of sp³-hybridized carbons (Fsp3) is 0.125. The lowest BCUT2D eigenvalue weighted by Crippen LogP contribution is -2.12. The monoisotopic (exact) mass is 287 g/mol. The molecule has 1 nitrogen and oxygen atoms in total. The molecule has 1 aromatic heterocycles. The third-order valence-electron chi connectivity index (χ3n) is 3.25. The topological polar surface area (TPSA) is 26.0 Å². The summed E-state index contributed by atoms with van der Waals surface area (Å²) < 4.78 is 0.820. The van der Waals surface area contributed by atoms with Crippen LogP contribution in [0.2, 0.25) is 4.34 Å². The highest BCUT2D eigenvalue weighted by Gasteiger charge is 2.09. The first-order valence-electron chi connectivity index (χ1n) is 6.21. The van der Waals surface area contributed by atoms with E-state index in [1.165, 1.54) is 21.2 Å². The molecule has 1 heterocycles. The third kappa shape index (κ3) is 2.81. The summed E-state index contributed by atoms with van der Waals surface area (Å²) in [5.74, 6) is 0. The van der Waals surface area contributed by atoms with E-state index in [-0.39, 0.29) is 6.04 Å². The van der Waals surface area contributed by atoms with Gasteiger partial charge in [0.1, 0.15) is 0 Å². The highest BCUT2D eigenvalue weighted by molar-refractivity contribution is 7.16. The molecular formula is C16H14ClNS. The van der Waals surface area contributed by atoms with Crippen LogP contribution in [0.1, 0.15) is 16.5 Å². The molecule has 0 fully saturated rings. The summed E-state index contributed by atoms with van der Waals surface area (Å²) in [5.41, 5.74) is 7.46. The molecule has 0 bridgehead atoms. The summed E-state index contributed by atoms with van der Waals surface area (Å²) in [5, 5.41) is 2.48. The maximum absolute atomic E-state index is 6.29. The van der Waals surface area contributed by atoms with Crippen LogP contribution < -0.4 is 5.73 Å². The highest BCUT2D eigenvalue weighted by atomic mass is 35.5. The SMILES string of the molecule is NC(Cc1ccc(Cl)s1)c1ccc2ccccc2c1. The molecule has 2 aromatic carbocycles. The number of thiophene rings is 1. The van der Waals surface area contributed by atoms with Gasteiger partial charge in [-0.3, -0.25) is 0 Å². The minimum atomic E-state index is 0.0133. The Kier molecular flexibility index (Phi) is 3.56. The second-order valence-corrected chi connectivity index (χ2v) is 6.42. The maximum atomic E-state index is 6.29. The quantitative estimate of drug-likeness (QED) is 0.736. The van der Waals surface area contributed by atoms with Gasteiger partial charge in [-0.1, -0.05) is 48.0 Å². The Balaban J connectivity index is 1.86. The van der Waals surface area contributed by atoms with Crippen molar-refractivity contribution >= 4 is 33.7 Å². The van der Waals surface area contributed by atoms with Crippen molar-refractivity contribution in [2.75, 3.05) is 0 Å². The van der Waals surface area contributed by atoms with Crippen molar-refractivity contribution in [3.05, 3.63) is 69.4 Å². The molecule has 1 atom stereocenters. The number of benzene rings is 2. The van der Waals surface area contributed by atoms with E-state index in [0.29, 0.717) is 0 Å². The second kappa shape index (κ2) is 5.33. The van der Waals surface area contributed by atoms with Crippen molar-refractivity contribution in [3.8, 4) is 0 Å². The third-order valence-corrected chi connectivity index (χ3v) is 4.51. The van der Waals surface area contributed by atoms with E-state index in [4.69, 9.17) is 17.3 Å². The van der Waals surface area contributed by atoms with Crippen molar-refractivity contribution < 1.29 is 0 Å². The molecule has 96 valence electrons. The lowest BCUT2D eigenvalue weighted by molar-refractivity contribution is 0.731. The van der Waals surface area contributed by atoms with Gasteiger partial charge < -0.3 is 5.73 Å². The zero-order chi connectivity index (χ0) is 13.2. The molecule has 0 aliphatic heterocycles. The van der Waals surface area contributed by atoms with Crippen LogP contribution in [0.5, 0.6) is 0 Å².